The first-order chi connectivity index (χ1) is 15.6. The molecule has 4 rings (SSSR count). The van der Waals surface area contributed by atoms with Gasteiger partial charge in [0.25, 0.3) is 0 Å². The molecule has 2 aromatic carbocycles. The van der Waals surface area contributed by atoms with Crippen LogP contribution in [0, 0.1) is 11.8 Å². The van der Waals surface area contributed by atoms with Gasteiger partial charge in [-0.25, -0.2) is 9.48 Å². The summed E-state index contributed by atoms with van der Waals surface area (Å²) in [5.74, 6) is 0.338. The quantitative estimate of drug-likeness (QED) is 0.481. The number of anilines is 2. The zero-order valence-electron chi connectivity index (χ0n) is 18.6. The van der Waals surface area contributed by atoms with Crippen LogP contribution in [0.5, 0.6) is 0 Å². The molecule has 1 aromatic heterocycles. The zero-order chi connectivity index (χ0) is 22.5. The van der Waals surface area contributed by atoms with E-state index in [1.165, 1.54) is 0 Å². The Labute approximate surface area is 188 Å². The molecule has 0 radical (unpaired) electrons. The molecule has 0 aliphatic heterocycles. The highest BCUT2D eigenvalue weighted by atomic mass is 16.5. The van der Waals surface area contributed by atoms with Gasteiger partial charge in [-0.2, -0.15) is 0 Å². The maximum Gasteiger partial charge on any atom is 0.343 e. The number of esters is 1. The lowest BCUT2D eigenvalue weighted by Gasteiger charge is -2.30. The van der Waals surface area contributed by atoms with Gasteiger partial charge >= 0.3 is 5.97 Å². The van der Waals surface area contributed by atoms with E-state index in [1.807, 2.05) is 60.7 Å². The highest BCUT2D eigenvalue weighted by molar-refractivity contribution is 6.06. The second-order valence-electron chi connectivity index (χ2n) is 8.33. The smallest absolute Gasteiger partial charge is 0.343 e. The van der Waals surface area contributed by atoms with Crippen molar-refractivity contribution >= 4 is 23.4 Å². The summed E-state index contributed by atoms with van der Waals surface area (Å²) in [7, 11) is 0. The van der Waals surface area contributed by atoms with Gasteiger partial charge in [-0.1, -0.05) is 43.3 Å². The Morgan fingerprint density at radius 2 is 1.62 bits per heavy atom. The molecule has 1 amide bonds. The molecule has 0 bridgehead atoms. The number of rotatable bonds is 6. The first-order valence-electron chi connectivity index (χ1n) is 11.3. The molecular weight excluding hydrogens is 402 g/mol. The number of carbonyl (C=O) groups excluding carboxylic acids is 2. The average Bonchev–Trinajstić information content (AvgIpc) is 3.26. The van der Waals surface area contributed by atoms with Crippen molar-refractivity contribution in [1.82, 2.24) is 9.78 Å². The maximum absolute atomic E-state index is 13.8. The van der Waals surface area contributed by atoms with Crippen molar-refractivity contribution in [3.63, 3.8) is 0 Å². The molecule has 0 unspecified atom stereocenters. The summed E-state index contributed by atoms with van der Waals surface area (Å²) in [5, 5.41) is 4.71. The lowest BCUT2D eigenvalue weighted by atomic mass is 9.82. The van der Waals surface area contributed by atoms with E-state index in [9.17, 15) is 9.59 Å². The summed E-state index contributed by atoms with van der Waals surface area (Å²) < 4.78 is 6.95. The molecule has 6 heteroatoms. The molecule has 0 spiro atoms. The first-order valence-corrected chi connectivity index (χ1v) is 11.3. The maximum atomic E-state index is 13.8. The Bertz CT molecular complexity index is 1050. The van der Waals surface area contributed by atoms with Gasteiger partial charge in [0.15, 0.2) is 5.82 Å². The topological polar surface area (TPSA) is 64.4 Å². The summed E-state index contributed by atoms with van der Waals surface area (Å²) in [6, 6.07) is 19.0. The number of ether oxygens (including phenoxy) is 1. The number of hydrogen-bond donors (Lipinski definition) is 0. The lowest BCUT2D eigenvalue weighted by molar-refractivity contribution is -0.122. The average molecular weight is 432 g/mol. The van der Waals surface area contributed by atoms with Gasteiger partial charge in [-0.15, -0.1) is 5.10 Å². The van der Waals surface area contributed by atoms with Gasteiger partial charge in [0.1, 0.15) is 5.56 Å². The summed E-state index contributed by atoms with van der Waals surface area (Å²) in [4.78, 5) is 28.3. The first kappa shape index (κ1) is 21.8. The fourth-order valence-corrected chi connectivity index (χ4v) is 4.22. The van der Waals surface area contributed by atoms with Crippen LogP contribution in [0.3, 0.4) is 0 Å². The summed E-state index contributed by atoms with van der Waals surface area (Å²) in [6.45, 7) is 4.24. The van der Waals surface area contributed by atoms with Gasteiger partial charge in [0.05, 0.1) is 18.0 Å². The highest BCUT2D eigenvalue weighted by Gasteiger charge is 2.34. The predicted molar refractivity (Wildman–Crippen MR) is 124 cm³/mol. The van der Waals surface area contributed by atoms with E-state index in [-0.39, 0.29) is 24.0 Å². The number of aromatic nitrogens is 2. The highest BCUT2D eigenvalue weighted by Crippen LogP contribution is 2.35. The minimum Gasteiger partial charge on any atom is -0.462 e. The number of nitrogens with zero attached hydrogens (tertiary/aromatic N) is 3. The second-order valence-corrected chi connectivity index (χ2v) is 8.33. The largest absolute Gasteiger partial charge is 0.462 e. The zero-order valence-corrected chi connectivity index (χ0v) is 18.6. The summed E-state index contributed by atoms with van der Waals surface area (Å²) >= 11 is 0. The molecule has 166 valence electrons. The molecule has 0 N–H and O–H groups in total. The van der Waals surface area contributed by atoms with Gasteiger partial charge in [-0.05, 0) is 62.8 Å². The van der Waals surface area contributed by atoms with E-state index in [0.29, 0.717) is 17.4 Å². The van der Waals surface area contributed by atoms with E-state index in [0.717, 1.165) is 31.4 Å². The summed E-state index contributed by atoms with van der Waals surface area (Å²) in [5.41, 5.74) is 1.77. The molecule has 1 heterocycles. The van der Waals surface area contributed by atoms with Crippen LogP contribution < -0.4 is 4.90 Å². The number of hydrogen-bond acceptors (Lipinski definition) is 4. The molecule has 32 heavy (non-hydrogen) atoms. The van der Waals surface area contributed by atoms with E-state index < -0.39 is 5.97 Å². The van der Waals surface area contributed by atoms with E-state index in [1.54, 1.807) is 22.7 Å². The van der Waals surface area contributed by atoms with Crippen LogP contribution in [-0.2, 0) is 9.53 Å². The third-order valence-electron chi connectivity index (χ3n) is 6.02. The third-order valence-corrected chi connectivity index (χ3v) is 6.02. The van der Waals surface area contributed by atoms with Gasteiger partial charge in [-0.3, -0.25) is 9.69 Å². The van der Waals surface area contributed by atoms with Crippen LogP contribution >= 0.6 is 0 Å². The molecule has 1 aliphatic carbocycles. The van der Waals surface area contributed by atoms with Crippen LogP contribution in [-0.4, -0.2) is 28.3 Å². The standard InChI is InChI=1S/C26H29N3O3/c1-3-32-26(31)23-18-28(21-10-6-4-7-11-21)27-24(23)29(22-12-8-5-9-13-22)25(30)20-16-14-19(2)15-17-20/h4-13,18-20H,3,14-17H2,1-2H3. The molecule has 0 atom stereocenters. The Morgan fingerprint density at radius 1 is 1.00 bits per heavy atom. The molecule has 1 aliphatic rings. The third kappa shape index (κ3) is 4.59. The van der Waals surface area contributed by atoms with Crippen LogP contribution in [0.15, 0.2) is 66.9 Å². The van der Waals surface area contributed by atoms with Gasteiger partial charge in [0, 0.05) is 12.1 Å². The summed E-state index contributed by atoms with van der Waals surface area (Å²) in [6.07, 6.45) is 5.40. The number of para-hydroxylation sites is 2. The van der Waals surface area contributed by atoms with Crippen LogP contribution in [0.25, 0.3) is 5.69 Å². The van der Waals surface area contributed by atoms with Crippen molar-refractivity contribution in [2.75, 3.05) is 11.5 Å². The second kappa shape index (κ2) is 9.81. The van der Waals surface area contributed by atoms with E-state index >= 15 is 0 Å². The number of carbonyl (C=O) groups is 2. The normalized spacial score (nSPS) is 18.2. The van der Waals surface area contributed by atoms with Crippen LogP contribution in [0.2, 0.25) is 0 Å². The van der Waals surface area contributed by atoms with Crippen molar-refractivity contribution < 1.29 is 14.3 Å². The molecule has 0 saturated heterocycles. The molecule has 1 saturated carbocycles. The van der Waals surface area contributed by atoms with Crippen molar-refractivity contribution in [2.24, 2.45) is 11.8 Å². The Hall–Kier alpha value is -3.41. The van der Waals surface area contributed by atoms with Crippen molar-refractivity contribution in [2.45, 2.75) is 39.5 Å². The number of amides is 1. The van der Waals surface area contributed by atoms with Crippen molar-refractivity contribution in [3.8, 4) is 5.69 Å². The van der Waals surface area contributed by atoms with Gasteiger partial charge < -0.3 is 4.74 Å². The van der Waals surface area contributed by atoms with Crippen LogP contribution in [0.1, 0.15) is 49.9 Å². The minimum atomic E-state index is -0.490. The van der Waals surface area contributed by atoms with Crippen molar-refractivity contribution in [1.29, 1.82) is 0 Å². The fourth-order valence-electron chi connectivity index (χ4n) is 4.22. The SMILES string of the molecule is CCOC(=O)c1cn(-c2ccccc2)nc1N(C(=O)C1CCC(C)CC1)c1ccccc1. The minimum absolute atomic E-state index is 0.0213. The van der Waals surface area contributed by atoms with Crippen molar-refractivity contribution in [3.05, 3.63) is 72.4 Å². The molecular formula is C26H29N3O3. The number of benzene rings is 2. The molecule has 1 fully saturated rings. The lowest BCUT2D eigenvalue weighted by Crippen LogP contribution is -2.35. The molecule has 6 nitrogen and oxygen atoms in total. The Morgan fingerprint density at radius 3 is 2.25 bits per heavy atom. The fraction of sp³-hybridized carbons (Fsp3) is 0.346. The van der Waals surface area contributed by atoms with E-state index in [4.69, 9.17) is 9.84 Å². The monoisotopic (exact) mass is 431 g/mol. The Kier molecular flexibility index (Phi) is 6.69. The van der Waals surface area contributed by atoms with E-state index in [2.05, 4.69) is 6.92 Å². The Balaban J connectivity index is 1.81. The van der Waals surface area contributed by atoms with Crippen LogP contribution in [0.4, 0.5) is 11.5 Å². The predicted octanol–water partition coefficient (Wildman–Crippen LogP) is 5.54. The van der Waals surface area contributed by atoms with Gasteiger partial charge in [0.2, 0.25) is 5.91 Å². The molecule has 3 aromatic rings.